The van der Waals surface area contributed by atoms with Crippen molar-refractivity contribution in [2.75, 3.05) is 36.0 Å². The molecule has 0 spiro atoms. The molecule has 2 aromatic carbocycles. The largest absolute Gasteiger partial charge is 0.390 e. The highest BCUT2D eigenvalue weighted by Crippen LogP contribution is 2.48. The molecule has 7 N–H and O–H groups in total. The summed E-state index contributed by atoms with van der Waals surface area (Å²) in [6, 6.07) is 14.2. The molecule has 4 heterocycles. The molecule has 10 rings (SSSR count). The Morgan fingerprint density at radius 2 is 1.01 bits per heavy atom. The molecular weight excluding hydrogens is 877 g/mol. The number of nitrogens with one attached hydrogen (secondary N) is 1. The lowest BCUT2D eigenvalue weighted by molar-refractivity contribution is -0.119. The minimum atomic E-state index is -0.685. The monoisotopic (exact) mass is 955 g/mol. The molecule has 2 saturated carbocycles. The number of ketones is 1. The van der Waals surface area contributed by atoms with E-state index in [2.05, 4.69) is 118 Å². The average Bonchev–Trinajstić information content (AvgIpc) is 4.13. The van der Waals surface area contributed by atoms with Crippen LogP contribution in [0.25, 0.3) is 22.5 Å². The molecule has 2 saturated heterocycles. The Morgan fingerprint density at radius 1 is 0.582 bits per heavy atom. The number of carbonyl (C=O) groups excluding carboxylic acids is 1. The average molecular weight is 955 g/mol. The van der Waals surface area contributed by atoms with Crippen LogP contribution in [0.5, 0.6) is 0 Å². The van der Waals surface area contributed by atoms with Gasteiger partial charge in [0.25, 0.3) is 0 Å². The molecule has 0 unspecified atom stereocenters. The molecule has 366 valence electrons. The van der Waals surface area contributed by atoms with Gasteiger partial charge in [0.15, 0.2) is 10.3 Å². The fraction of sp³-hybridized carbons (Fsp3) is 0.648. The van der Waals surface area contributed by atoms with Crippen molar-refractivity contribution in [1.29, 1.82) is 0 Å². The van der Waals surface area contributed by atoms with Gasteiger partial charge in [0.2, 0.25) is 0 Å². The van der Waals surface area contributed by atoms with Gasteiger partial charge >= 0.3 is 0 Å². The molecule has 0 radical (unpaired) electrons. The summed E-state index contributed by atoms with van der Waals surface area (Å²) in [6.07, 6.45) is 8.75. The van der Waals surface area contributed by atoms with Gasteiger partial charge in [0, 0.05) is 79.0 Å². The quantitative estimate of drug-likeness (QED) is 0.109. The van der Waals surface area contributed by atoms with Gasteiger partial charge in [-0.05, 0) is 120 Å². The van der Waals surface area contributed by atoms with Crippen molar-refractivity contribution in [2.24, 2.45) is 5.73 Å². The minimum Gasteiger partial charge on any atom is -0.390 e. The fourth-order valence-corrected chi connectivity index (χ4v) is 13.0. The summed E-state index contributed by atoms with van der Waals surface area (Å²) < 4.78 is 0. The highest BCUT2D eigenvalue weighted by molar-refractivity contribution is 7.14. The van der Waals surface area contributed by atoms with Gasteiger partial charge in [-0.15, -0.1) is 22.7 Å². The number of anilines is 2. The number of benzene rings is 2. The third-order valence-corrected chi connectivity index (χ3v) is 18.1. The molecular formula is C54H78N6O5S2. The first-order valence-electron chi connectivity index (χ1n) is 25.1. The number of nitrogens with zero attached hydrogens (tertiary/aromatic N) is 4. The van der Waals surface area contributed by atoms with Crippen LogP contribution in [0, 0.1) is 0 Å². The summed E-state index contributed by atoms with van der Waals surface area (Å²) in [4.78, 5) is 26.1. The standard InChI is InChI=1S/C27H39N3O2S.C22H28N2OS.C5H11NO2/c1-26(2)11-12-27(3,4)20-15-17(5-6-19(20)26)22-16-33-25(29-22)30-13-9-18(10-14-30)28-21-7-8-23(31)24(21)32;1-21(2)9-10-22(3,4)18-13-15(5-6-17(18)21)19-14-26-20(23-19)24-11-7-16(25)8-12-24;6-3-1-2-4(7)5(3)8/h5-6,15-16,18,21,23-24,28,31-32H,7-14H2,1-4H3;5-6,13-14H,7-12H2,1-4H3;3-5,7-8H,1-2,6H2/t21-,23-,24+;;3-,4-,5+/m1.1/s1. The summed E-state index contributed by atoms with van der Waals surface area (Å²) >= 11 is 3.44. The smallest absolute Gasteiger partial charge is 0.185 e. The maximum atomic E-state index is 11.5. The van der Waals surface area contributed by atoms with Crippen molar-refractivity contribution >= 4 is 38.7 Å². The maximum absolute atomic E-state index is 11.5. The first-order valence-corrected chi connectivity index (χ1v) is 26.9. The van der Waals surface area contributed by atoms with Crippen molar-refractivity contribution in [3.8, 4) is 22.5 Å². The van der Waals surface area contributed by atoms with E-state index in [0.29, 0.717) is 37.5 Å². The molecule has 4 aliphatic carbocycles. The lowest BCUT2D eigenvalue weighted by Gasteiger charge is -2.42. The van der Waals surface area contributed by atoms with E-state index in [1.807, 2.05) is 0 Å². The summed E-state index contributed by atoms with van der Waals surface area (Å²) in [5.41, 5.74) is 16.8. The topological polar surface area (TPSA) is 168 Å². The Labute approximate surface area is 407 Å². The number of aliphatic hydroxyl groups is 4. The van der Waals surface area contributed by atoms with Crippen LogP contribution in [0.1, 0.15) is 155 Å². The molecule has 67 heavy (non-hydrogen) atoms. The second-order valence-electron chi connectivity index (χ2n) is 23.1. The Kier molecular flexibility index (Phi) is 14.9. The van der Waals surface area contributed by atoms with Crippen LogP contribution in [0.4, 0.5) is 10.3 Å². The molecule has 4 fully saturated rings. The third kappa shape index (κ3) is 11.0. The Hall–Kier alpha value is -3.27. The number of carbonyl (C=O) groups is 1. The number of thiazole rings is 2. The molecule has 2 aliphatic heterocycles. The van der Waals surface area contributed by atoms with E-state index in [-0.39, 0.29) is 33.7 Å². The summed E-state index contributed by atoms with van der Waals surface area (Å²) in [7, 11) is 0. The van der Waals surface area contributed by atoms with E-state index in [4.69, 9.17) is 25.9 Å². The fourth-order valence-electron chi connectivity index (χ4n) is 11.2. The second kappa shape index (κ2) is 19.9. The van der Waals surface area contributed by atoms with Crippen LogP contribution < -0.4 is 20.9 Å². The van der Waals surface area contributed by atoms with E-state index in [1.165, 1.54) is 59.1 Å². The van der Waals surface area contributed by atoms with Crippen molar-refractivity contribution in [3.05, 3.63) is 69.4 Å². The van der Waals surface area contributed by atoms with Gasteiger partial charge in [-0.1, -0.05) is 79.7 Å². The number of rotatable bonds is 6. The summed E-state index contributed by atoms with van der Waals surface area (Å²) in [5, 5.41) is 47.8. The van der Waals surface area contributed by atoms with E-state index in [1.54, 1.807) is 22.7 Å². The van der Waals surface area contributed by atoms with Crippen molar-refractivity contribution in [3.63, 3.8) is 0 Å². The molecule has 13 heteroatoms. The van der Waals surface area contributed by atoms with E-state index in [0.717, 1.165) is 73.5 Å². The number of aliphatic hydroxyl groups excluding tert-OH is 4. The molecule has 0 amide bonds. The zero-order chi connectivity index (χ0) is 48.1. The SMILES string of the molecule is CC1(C)CCC(C)(C)c2cc(-c3csc(N4CCC(=O)CC4)n3)ccc21.CC1(C)CCC(C)(C)c2cc(-c3csc(N4CCC(N[C@@H]5CC[C@@H](O)[C@H]5O)CC4)n3)ccc21.N[C@@H]1CC[C@@H](O)[C@H]1O. The van der Waals surface area contributed by atoms with Crippen LogP contribution in [0.2, 0.25) is 0 Å². The molecule has 0 bridgehead atoms. The maximum Gasteiger partial charge on any atom is 0.185 e. The van der Waals surface area contributed by atoms with E-state index < -0.39 is 24.4 Å². The number of hydrogen-bond donors (Lipinski definition) is 6. The lowest BCUT2D eigenvalue weighted by Crippen LogP contribution is -2.49. The highest BCUT2D eigenvalue weighted by atomic mass is 32.1. The molecule has 6 atom stereocenters. The van der Waals surface area contributed by atoms with Crippen LogP contribution in [0.3, 0.4) is 0 Å². The predicted molar refractivity (Wildman–Crippen MR) is 275 cm³/mol. The molecule has 6 aliphatic rings. The van der Waals surface area contributed by atoms with Gasteiger partial charge in [-0.25, -0.2) is 9.97 Å². The number of nitrogens with two attached hydrogens (primary N) is 1. The Morgan fingerprint density at radius 3 is 1.42 bits per heavy atom. The minimum absolute atomic E-state index is 0.0289. The predicted octanol–water partition coefficient (Wildman–Crippen LogP) is 8.76. The van der Waals surface area contributed by atoms with Crippen LogP contribution in [-0.2, 0) is 26.5 Å². The number of hydrogen-bond acceptors (Lipinski definition) is 13. The van der Waals surface area contributed by atoms with Gasteiger partial charge < -0.3 is 41.3 Å². The Bertz CT molecular complexity index is 2330. The van der Waals surface area contributed by atoms with Gasteiger partial charge in [0.05, 0.1) is 35.8 Å². The van der Waals surface area contributed by atoms with Crippen molar-refractivity contribution in [1.82, 2.24) is 15.3 Å². The van der Waals surface area contributed by atoms with Gasteiger partial charge in [0.1, 0.15) is 5.78 Å². The van der Waals surface area contributed by atoms with E-state index in [9.17, 15) is 15.0 Å². The van der Waals surface area contributed by atoms with Crippen molar-refractivity contribution in [2.45, 2.75) is 197 Å². The normalized spacial score (nSPS) is 28.5. The molecule has 2 aromatic heterocycles. The Balaban J connectivity index is 0.000000159. The molecule has 4 aromatic rings. The van der Waals surface area contributed by atoms with Crippen molar-refractivity contribution < 1.29 is 25.2 Å². The van der Waals surface area contributed by atoms with Crippen LogP contribution in [-0.4, -0.2) is 105 Å². The van der Waals surface area contributed by atoms with Crippen LogP contribution in [0.15, 0.2) is 47.2 Å². The molecule has 11 nitrogen and oxygen atoms in total. The zero-order valence-electron chi connectivity index (χ0n) is 41.4. The highest BCUT2D eigenvalue weighted by Gasteiger charge is 2.39. The third-order valence-electron chi connectivity index (χ3n) is 16.3. The number of fused-ring (bicyclic) bond motifs is 2. The first kappa shape index (κ1) is 50.1. The van der Waals surface area contributed by atoms with Gasteiger partial charge in [-0.2, -0.15) is 0 Å². The zero-order valence-corrected chi connectivity index (χ0v) is 43.0. The number of Topliss-reactive ketones (excluding diaryl/α,β-unsaturated/α-hetero) is 1. The van der Waals surface area contributed by atoms with Crippen LogP contribution >= 0.6 is 22.7 Å². The summed E-state index contributed by atoms with van der Waals surface area (Å²) in [6.45, 7) is 22.5. The lowest BCUT2D eigenvalue weighted by atomic mass is 9.63. The van der Waals surface area contributed by atoms with Gasteiger partial charge in [-0.3, -0.25) is 4.79 Å². The first-order chi connectivity index (χ1) is 31.6. The van der Waals surface area contributed by atoms with E-state index >= 15 is 0 Å². The number of aromatic nitrogens is 2. The second-order valence-corrected chi connectivity index (χ2v) is 24.8. The number of piperidine rings is 2. The summed E-state index contributed by atoms with van der Waals surface area (Å²) in [5.74, 6) is 0.373.